The largest absolute Gasteiger partial charge is 0.298 e. The van der Waals surface area contributed by atoms with E-state index in [4.69, 9.17) is 0 Å². The van der Waals surface area contributed by atoms with Gasteiger partial charge in [0.15, 0.2) is 0 Å². The van der Waals surface area contributed by atoms with E-state index in [2.05, 4.69) is 40.1 Å². The summed E-state index contributed by atoms with van der Waals surface area (Å²) in [4.78, 5) is 5.33. The number of hydrogen-bond donors (Lipinski definition) is 0. The molecule has 0 spiro atoms. The van der Waals surface area contributed by atoms with Crippen molar-refractivity contribution in [1.82, 2.24) is 9.80 Å². The Hall–Kier alpha value is -1.13. The van der Waals surface area contributed by atoms with Crippen molar-refractivity contribution >= 4 is 24.8 Å². The van der Waals surface area contributed by atoms with Gasteiger partial charge in [0.1, 0.15) is 5.82 Å². The smallest absolute Gasteiger partial charge is 0.123 e. The Bertz CT molecular complexity index is 697. The van der Waals surface area contributed by atoms with Crippen LogP contribution >= 0.6 is 24.8 Å². The van der Waals surface area contributed by atoms with E-state index in [1.54, 1.807) is 12.1 Å². The summed E-state index contributed by atoms with van der Waals surface area (Å²) in [5.74, 6) is -0.153. The third-order valence-electron chi connectivity index (χ3n) is 6.41. The van der Waals surface area contributed by atoms with E-state index < -0.39 is 0 Å². The van der Waals surface area contributed by atoms with Gasteiger partial charge in [-0.1, -0.05) is 61.7 Å². The Kier molecular flexibility index (Phi) is 9.91. The number of nitrogens with zero attached hydrogens (tertiary/aromatic N) is 2. The van der Waals surface area contributed by atoms with E-state index >= 15 is 0 Å². The second kappa shape index (κ2) is 11.9. The van der Waals surface area contributed by atoms with Gasteiger partial charge in [-0.2, -0.15) is 0 Å². The summed E-state index contributed by atoms with van der Waals surface area (Å²) < 4.78 is 13.5. The predicted molar refractivity (Wildman–Crippen MR) is 124 cm³/mol. The van der Waals surface area contributed by atoms with Gasteiger partial charge in [0.05, 0.1) is 0 Å². The monoisotopic (exact) mass is 438 g/mol. The molecule has 2 aliphatic rings. The van der Waals surface area contributed by atoms with Crippen molar-refractivity contribution in [2.75, 3.05) is 26.2 Å². The van der Waals surface area contributed by atoms with Gasteiger partial charge in [0.25, 0.3) is 0 Å². The molecular weight excluding hydrogens is 406 g/mol. The lowest BCUT2D eigenvalue weighted by molar-refractivity contribution is 0.0559. The van der Waals surface area contributed by atoms with Gasteiger partial charge in [-0.25, -0.2) is 4.39 Å². The Morgan fingerprint density at radius 3 is 2.03 bits per heavy atom. The molecule has 1 aliphatic heterocycles. The van der Waals surface area contributed by atoms with Crippen molar-refractivity contribution in [3.8, 4) is 0 Å². The summed E-state index contributed by atoms with van der Waals surface area (Å²) in [6.45, 7) is 4.53. The molecule has 5 heteroatoms. The summed E-state index contributed by atoms with van der Waals surface area (Å²) in [7, 11) is 0. The molecular formula is C24H33Cl2FN2. The van der Waals surface area contributed by atoms with Gasteiger partial charge in [0.2, 0.25) is 0 Å². The van der Waals surface area contributed by atoms with Crippen molar-refractivity contribution in [1.29, 1.82) is 0 Å². The van der Waals surface area contributed by atoms with E-state index in [-0.39, 0.29) is 30.6 Å². The maximum absolute atomic E-state index is 13.5. The van der Waals surface area contributed by atoms with Crippen LogP contribution in [0.1, 0.15) is 49.3 Å². The lowest BCUT2D eigenvalue weighted by atomic mass is 9.93. The number of benzene rings is 2. The highest BCUT2D eigenvalue weighted by Gasteiger charge is 2.29. The van der Waals surface area contributed by atoms with E-state index in [1.165, 1.54) is 43.2 Å². The highest BCUT2D eigenvalue weighted by Crippen LogP contribution is 2.29. The zero-order valence-corrected chi connectivity index (χ0v) is 18.6. The summed E-state index contributed by atoms with van der Waals surface area (Å²) in [6.07, 6.45) is 7.96. The molecule has 2 nitrogen and oxygen atoms in total. The summed E-state index contributed by atoms with van der Waals surface area (Å²) >= 11 is 0. The van der Waals surface area contributed by atoms with Crippen LogP contribution in [0, 0.1) is 5.82 Å². The van der Waals surface area contributed by atoms with Crippen LogP contribution in [0.2, 0.25) is 0 Å². The van der Waals surface area contributed by atoms with Gasteiger partial charge >= 0.3 is 0 Å². The molecule has 0 amide bonds. The fourth-order valence-electron chi connectivity index (χ4n) is 4.84. The Labute approximate surface area is 187 Å². The molecule has 2 aromatic rings. The maximum atomic E-state index is 13.5. The van der Waals surface area contributed by atoms with Crippen molar-refractivity contribution in [2.24, 2.45) is 0 Å². The van der Waals surface area contributed by atoms with E-state index in [0.29, 0.717) is 6.04 Å². The van der Waals surface area contributed by atoms with Gasteiger partial charge in [-0.3, -0.25) is 9.80 Å². The molecule has 0 aromatic heterocycles. The second-order valence-corrected chi connectivity index (χ2v) is 8.12. The first-order valence-electron chi connectivity index (χ1n) is 10.6. The average molecular weight is 439 g/mol. The first-order valence-corrected chi connectivity index (χ1v) is 10.6. The molecule has 0 radical (unpaired) electrons. The standard InChI is InChI=1S/C24H31FN2.2ClH/c25-22-13-11-21(12-14-22)24(19-20-7-3-1-4-8-20)27-17-15-26(16-18-27)23-9-5-2-6-10-23;;/h1,3-4,7-8,11-14,23-24H,2,5-6,9-10,15-19H2;2*1H. The normalized spacial score (nSPS) is 19.8. The van der Waals surface area contributed by atoms with Crippen LogP contribution in [0.4, 0.5) is 4.39 Å². The first kappa shape index (κ1) is 24.1. The zero-order valence-electron chi connectivity index (χ0n) is 17.0. The molecule has 0 bridgehead atoms. The minimum Gasteiger partial charge on any atom is -0.298 e. The van der Waals surface area contributed by atoms with Crippen LogP contribution in [-0.2, 0) is 6.42 Å². The van der Waals surface area contributed by atoms with Crippen LogP contribution in [0.15, 0.2) is 54.6 Å². The van der Waals surface area contributed by atoms with Gasteiger partial charge in [-0.05, 0) is 42.5 Å². The number of piperazine rings is 1. The molecule has 0 N–H and O–H groups in total. The molecule has 1 heterocycles. The van der Waals surface area contributed by atoms with Crippen molar-refractivity contribution in [3.63, 3.8) is 0 Å². The molecule has 1 saturated carbocycles. The number of rotatable bonds is 5. The molecule has 2 aromatic carbocycles. The number of hydrogen-bond acceptors (Lipinski definition) is 2. The Balaban J connectivity index is 0.00000150. The fraction of sp³-hybridized carbons (Fsp3) is 0.500. The first-order chi connectivity index (χ1) is 13.3. The SMILES string of the molecule is Cl.Cl.Fc1ccc(C(Cc2ccccc2)N2CCN(C3CCCCC3)CC2)cc1. The predicted octanol–water partition coefficient (Wildman–Crippen LogP) is 5.90. The Morgan fingerprint density at radius 2 is 1.41 bits per heavy atom. The van der Waals surface area contributed by atoms with Crippen molar-refractivity contribution < 1.29 is 4.39 Å². The molecule has 1 unspecified atom stereocenters. The maximum Gasteiger partial charge on any atom is 0.123 e. The molecule has 1 atom stereocenters. The highest BCUT2D eigenvalue weighted by molar-refractivity contribution is 5.85. The summed E-state index contributed by atoms with van der Waals surface area (Å²) in [5, 5.41) is 0. The van der Waals surface area contributed by atoms with E-state index in [9.17, 15) is 4.39 Å². The van der Waals surface area contributed by atoms with Gasteiger partial charge in [-0.15, -0.1) is 24.8 Å². The molecule has 29 heavy (non-hydrogen) atoms. The minimum absolute atomic E-state index is 0. The highest BCUT2D eigenvalue weighted by atomic mass is 35.5. The third-order valence-corrected chi connectivity index (χ3v) is 6.41. The van der Waals surface area contributed by atoms with Crippen LogP contribution in [0.25, 0.3) is 0 Å². The van der Waals surface area contributed by atoms with Gasteiger partial charge in [0, 0.05) is 38.3 Å². The zero-order chi connectivity index (χ0) is 18.5. The molecule has 4 rings (SSSR count). The molecule has 2 fully saturated rings. The van der Waals surface area contributed by atoms with Gasteiger partial charge < -0.3 is 0 Å². The summed E-state index contributed by atoms with van der Waals surface area (Å²) in [5.41, 5.74) is 2.58. The lowest BCUT2D eigenvalue weighted by Crippen LogP contribution is -2.51. The number of halogens is 3. The van der Waals surface area contributed by atoms with Crippen LogP contribution in [0.5, 0.6) is 0 Å². The van der Waals surface area contributed by atoms with Crippen LogP contribution in [-0.4, -0.2) is 42.0 Å². The summed E-state index contributed by atoms with van der Waals surface area (Å²) in [6, 6.07) is 19.0. The second-order valence-electron chi connectivity index (χ2n) is 8.12. The minimum atomic E-state index is -0.153. The average Bonchev–Trinajstić information content (AvgIpc) is 2.74. The van der Waals surface area contributed by atoms with Crippen LogP contribution < -0.4 is 0 Å². The molecule has 1 saturated heterocycles. The van der Waals surface area contributed by atoms with Crippen molar-refractivity contribution in [2.45, 2.75) is 50.6 Å². The Morgan fingerprint density at radius 1 is 0.793 bits per heavy atom. The fourth-order valence-corrected chi connectivity index (χ4v) is 4.84. The van der Waals surface area contributed by atoms with E-state index in [1.807, 2.05) is 12.1 Å². The third kappa shape index (κ3) is 6.42. The molecule has 160 valence electrons. The quantitative estimate of drug-likeness (QED) is 0.572. The van der Waals surface area contributed by atoms with Crippen LogP contribution in [0.3, 0.4) is 0 Å². The van der Waals surface area contributed by atoms with E-state index in [0.717, 1.165) is 38.6 Å². The lowest BCUT2D eigenvalue weighted by Gasteiger charge is -2.43. The topological polar surface area (TPSA) is 6.48 Å². The van der Waals surface area contributed by atoms with Crippen molar-refractivity contribution in [3.05, 3.63) is 71.5 Å². The molecule has 1 aliphatic carbocycles.